The first kappa shape index (κ1) is 16.1. The monoisotopic (exact) mass is 302 g/mol. The number of H-pyrrole nitrogens is 1. The topological polar surface area (TPSA) is 82.2 Å². The summed E-state index contributed by atoms with van der Waals surface area (Å²) >= 11 is 0. The Morgan fingerprint density at radius 2 is 2.14 bits per heavy atom. The minimum absolute atomic E-state index is 0.148. The fourth-order valence-corrected chi connectivity index (χ4v) is 2.64. The predicted molar refractivity (Wildman–Crippen MR) is 85.8 cm³/mol. The maximum Gasteiger partial charge on any atom is 0.308 e. The average Bonchev–Trinajstić information content (AvgIpc) is 2.88. The van der Waals surface area contributed by atoms with E-state index in [-0.39, 0.29) is 18.9 Å². The number of carboxylic acid groups (broad SMARTS) is 1. The van der Waals surface area contributed by atoms with Gasteiger partial charge in [0.2, 0.25) is 5.91 Å². The van der Waals surface area contributed by atoms with E-state index < -0.39 is 11.9 Å². The Hall–Kier alpha value is -2.30. The summed E-state index contributed by atoms with van der Waals surface area (Å²) in [4.78, 5) is 26.3. The first-order valence-corrected chi connectivity index (χ1v) is 7.58. The Morgan fingerprint density at radius 1 is 1.36 bits per heavy atom. The number of nitrogens with one attached hydrogen (secondary N) is 2. The molecule has 0 aliphatic heterocycles. The van der Waals surface area contributed by atoms with E-state index in [1.54, 1.807) is 0 Å². The maximum atomic E-state index is 12.1. The molecule has 118 valence electrons. The Morgan fingerprint density at radius 3 is 2.82 bits per heavy atom. The van der Waals surface area contributed by atoms with E-state index in [9.17, 15) is 9.59 Å². The molecule has 1 heterocycles. The van der Waals surface area contributed by atoms with Crippen molar-refractivity contribution in [2.45, 2.75) is 33.1 Å². The summed E-state index contributed by atoms with van der Waals surface area (Å²) in [7, 11) is 0. The van der Waals surface area contributed by atoms with Crippen molar-refractivity contribution >= 4 is 22.8 Å². The van der Waals surface area contributed by atoms with Crippen molar-refractivity contribution in [1.82, 2.24) is 10.3 Å². The van der Waals surface area contributed by atoms with Crippen LogP contribution >= 0.6 is 0 Å². The Balaban J connectivity index is 1.99. The number of carbonyl (C=O) groups excluding carboxylic acids is 1. The number of carbonyl (C=O) groups is 2. The molecule has 0 saturated carbocycles. The summed E-state index contributed by atoms with van der Waals surface area (Å²) in [6.45, 7) is 4.14. The molecule has 3 N–H and O–H groups in total. The van der Waals surface area contributed by atoms with Crippen molar-refractivity contribution in [3.63, 3.8) is 0 Å². The van der Waals surface area contributed by atoms with Crippen LogP contribution in [-0.4, -0.2) is 28.5 Å². The lowest BCUT2D eigenvalue weighted by molar-refractivity contribution is -0.141. The number of carboxylic acids is 1. The number of benzene rings is 1. The number of para-hydroxylation sites is 1. The number of aryl methyl sites for hydroxylation is 1. The van der Waals surface area contributed by atoms with E-state index in [0.29, 0.717) is 6.42 Å². The zero-order valence-corrected chi connectivity index (χ0v) is 13.0. The first-order chi connectivity index (χ1) is 10.5. The summed E-state index contributed by atoms with van der Waals surface area (Å²) < 4.78 is 0. The fraction of sp³-hybridized carbons (Fsp3) is 0.412. The molecule has 0 fully saturated rings. The fourth-order valence-electron chi connectivity index (χ4n) is 2.64. The second-order valence-corrected chi connectivity index (χ2v) is 5.62. The van der Waals surface area contributed by atoms with Gasteiger partial charge in [0, 0.05) is 23.6 Å². The van der Waals surface area contributed by atoms with Gasteiger partial charge in [-0.05, 0) is 24.5 Å². The van der Waals surface area contributed by atoms with Crippen LogP contribution in [0, 0.1) is 12.8 Å². The highest BCUT2D eigenvalue weighted by molar-refractivity contribution is 5.90. The minimum atomic E-state index is -0.857. The van der Waals surface area contributed by atoms with Crippen molar-refractivity contribution in [2.24, 2.45) is 5.92 Å². The minimum Gasteiger partial charge on any atom is -0.481 e. The van der Waals surface area contributed by atoms with Crippen LogP contribution in [0.4, 0.5) is 0 Å². The highest BCUT2D eigenvalue weighted by Crippen LogP contribution is 2.21. The molecule has 1 amide bonds. The van der Waals surface area contributed by atoms with Gasteiger partial charge in [-0.1, -0.05) is 31.5 Å². The van der Waals surface area contributed by atoms with Gasteiger partial charge in [-0.25, -0.2) is 0 Å². The van der Waals surface area contributed by atoms with Gasteiger partial charge < -0.3 is 15.4 Å². The number of amides is 1. The summed E-state index contributed by atoms with van der Waals surface area (Å²) in [5.74, 6) is -1.52. The van der Waals surface area contributed by atoms with Crippen LogP contribution in [0.3, 0.4) is 0 Å². The van der Waals surface area contributed by atoms with Crippen LogP contribution < -0.4 is 5.32 Å². The second kappa shape index (κ2) is 7.11. The molecule has 2 rings (SSSR count). The quantitative estimate of drug-likeness (QED) is 0.735. The van der Waals surface area contributed by atoms with E-state index in [0.717, 1.165) is 28.5 Å². The van der Waals surface area contributed by atoms with E-state index >= 15 is 0 Å². The van der Waals surface area contributed by atoms with Crippen molar-refractivity contribution in [3.05, 3.63) is 35.5 Å². The molecular weight excluding hydrogens is 280 g/mol. The Bertz CT molecular complexity index is 676. The zero-order valence-electron chi connectivity index (χ0n) is 13.0. The van der Waals surface area contributed by atoms with Gasteiger partial charge in [-0.15, -0.1) is 0 Å². The van der Waals surface area contributed by atoms with Crippen LogP contribution in [0.5, 0.6) is 0 Å². The molecule has 5 heteroatoms. The number of aromatic amines is 1. The summed E-state index contributed by atoms with van der Waals surface area (Å²) in [6.07, 6.45) is 3.45. The lowest BCUT2D eigenvalue weighted by atomic mass is 10.0. The highest BCUT2D eigenvalue weighted by Gasteiger charge is 2.17. The van der Waals surface area contributed by atoms with Crippen molar-refractivity contribution in [1.29, 1.82) is 0 Å². The van der Waals surface area contributed by atoms with Gasteiger partial charge in [0.15, 0.2) is 0 Å². The molecule has 1 unspecified atom stereocenters. The molecule has 2 aromatic rings. The molecule has 0 aliphatic rings. The third-order valence-electron chi connectivity index (χ3n) is 3.89. The van der Waals surface area contributed by atoms with Crippen molar-refractivity contribution in [2.75, 3.05) is 6.54 Å². The summed E-state index contributed by atoms with van der Waals surface area (Å²) in [5, 5.41) is 12.9. The van der Waals surface area contributed by atoms with Crippen LogP contribution in [-0.2, 0) is 16.0 Å². The van der Waals surface area contributed by atoms with E-state index in [2.05, 4.69) is 10.3 Å². The molecule has 5 nitrogen and oxygen atoms in total. The lowest BCUT2D eigenvalue weighted by Crippen LogP contribution is -2.33. The molecular formula is C17H22N2O3. The summed E-state index contributed by atoms with van der Waals surface area (Å²) in [5.41, 5.74) is 3.11. The van der Waals surface area contributed by atoms with Gasteiger partial charge in [0.1, 0.15) is 0 Å². The zero-order chi connectivity index (χ0) is 16.1. The van der Waals surface area contributed by atoms with E-state index in [4.69, 9.17) is 5.11 Å². The Labute approximate surface area is 129 Å². The van der Waals surface area contributed by atoms with Crippen LogP contribution in [0.25, 0.3) is 10.9 Å². The number of aromatic nitrogens is 1. The molecule has 0 aliphatic carbocycles. The number of fused-ring (bicyclic) bond motifs is 1. The standard InChI is InChI=1S/C17H22N2O3/c1-3-5-12(17(21)22)9-18-15(20)8-13-10-19-16-11(2)6-4-7-14(13)16/h4,6-7,10,12,19H,3,5,8-9H2,1-2H3,(H,18,20)(H,21,22). The molecule has 1 atom stereocenters. The third kappa shape index (κ3) is 3.67. The van der Waals surface area contributed by atoms with Crippen LogP contribution in [0.2, 0.25) is 0 Å². The predicted octanol–water partition coefficient (Wildman–Crippen LogP) is 2.64. The van der Waals surface area contributed by atoms with Crippen molar-refractivity contribution in [3.8, 4) is 0 Å². The molecule has 1 aromatic heterocycles. The molecule has 0 radical (unpaired) electrons. The third-order valence-corrected chi connectivity index (χ3v) is 3.89. The largest absolute Gasteiger partial charge is 0.481 e. The van der Waals surface area contributed by atoms with E-state index in [1.807, 2.05) is 38.2 Å². The van der Waals surface area contributed by atoms with Gasteiger partial charge in [0.05, 0.1) is 12.3 Å². The van der Waals surface area contributed by atoms with Crippen molar-refractivity contribution < 1.29 is 14.7 Å². The molecule has 0 spiro atoms. The Kier molecular flexibility index (Phi) is 5.20. The molecule has 0 saturated heterocycles. The normalized spacial score (nSPS) is 12.3. The molecule has 0 bridgehead atoms. The van der Waals surface area contributed by atoms with Gasteiger partial charge in [0.25, 0.3) is 0 Å². The van der Waals surface area contributed by atoms with Gasteiger partial charge >= 0.3 is 5.97 Å². The smallest absolute Gasteiger partial charge is 0.308 e. The van der Waals surface area contributed by atoms with E-state index in [1.165, 1.54) is 0 Å². The first-order valence-electron chi connectivity index (χ1n) is 7.58. The highest BCUT2D eigenvalue weighted by atomic mass is 16.4. The second-order valence-electron chi connectivity index (χ2n) is 5.62. The van der Waals surface area contributed by atoms with Crippen LogP contribution in [0.15, 0.2) is 24.4 Å². The number of hydrogen-bond donors (Lipinski definition) is 3. The number of rotatable bonds is 7. The molecule has 22 heavy (non-hydrogen) atoms. The average molecular weight is 302 g/mol. The number of aliphatic carboxylic acids is 1. The SMILES string of the molecule is CCCC(CNC(=O)Cc1c[nH]c2c(C)cccc12)C(=O)O. The summed E-state index contributed by atoms with van der Waals surface area (Å²) in [6, 6.07) is 5.97. The maximum absolute atomic E-state index is 12.1. The van der Waals surface area contributed by atoms with Gasteiger partial charge in [-0.3, -0.25) is 9.59 Å². The molecule has 1 aromatic carbocycles. The van der Waals surface area contributed by atoms with Gasteiger partial charge in [-0.2, -0.15) is 0 Å². The van der Waals surface area contributed by atoms with Crippen LogP contribution in [0.1, 0.15) is 30.9 Å². The number of hydrogen-bond acceptors (Lipinski definition) is 2. The lowest BCUT2D eigenvalue weighted by Gasteiger charge is -2.12.